The molecule has 0 amide bonds. The second-order valence-electron chi connectivity index (χ2n) is 6.10. The minimum Gasteiger partial charge on any atom is -0.477 e. The van der Waals surface area contributed by atoms with Gasteiger partial charge in [-0.1, -0.05) is 6.92 Å². The van der Waals surface area contributed by atoms with Crippen LogP contribution in [0.1, 0.15) is 17.3 Å². The summed E-state index contributed by atoms with van der Waals surface area (Å²) in [6.45, 7) is 3.61. The molecule has 1 saturated heterocycles. The van der Waals surface area contributed by atoms with Crippen LogP contribution in [0.4, 0.5) is 18.9 Å². The minimum atomic E-state index is -1.58. The highest BCUT2D eigenvalue weighted by Crippen LogP contribution is 2.30. The third kappa shape index (κ3) is 2.92. The zero-order valence-electron chi connectivity index (χ0n) is 14.1. The molecule has 0 atom stereocenters. The largest absolute Gasteiger partial charge is 0.477 e. The van der Waals surface area contributed by atoms with Crippen LogP contribution in [0.5, 0.6) is 0 Å². The third-order valence-electron chi connectivity index (χ3n) is 4.72. The lowest BCUT2D eigenvalue weighted by Crippen LogP contribution is -2.46. The highest BCUT2D eigenvalue weighted by molar-refractivity contribution is 5.93. The number of aromatic nitrogens is 1. The van der Waals surface area contributed by atoms with E-state index in [4.69, 9.17) is 5.11 Å². The number of likely N-dealkylation sites (N-methyl/N-ethyl adjacent to an activating group) is 1. The number of anilines is 1. The number of fused-ring (bicyclic) bond motifs is 1. The molecule has 0 spiro atoms. The Hall–Kier alpha value is -2.55. The van der Waals surface area contributed by atoms with Gasteiger partial charge in [0, 0.05) is 32.4 Å². The van der Waals surface area contributed by atoms with Crippen LogP contribution in [-0.2, 0) is 6.80 Å². The van der Waals surface area contributed by atoms with E-state index in [2.05, 4.69) is 4.90 Å². The van der Waals surface area contributed by atoms with E-state index in [1.54, 1.807) is 0 Å². The average molecular weight is 369 g/mol. The van der Waals surface area contributed by atoms with Crippen molar-refractivity contribution in [2.75, 3.05) is 37.6 Å². The summed E-state index contributed by atoms with van der Waals surface area (Å²) in [6.07, 6.45) is 0.743. The Labute approximate surface area is 147 Å². The maximum absolute atomic E-state index is 15.1. The van der Waals surface area contributed by atoms with E-state index >= 15 is 4.39 Å². The maximum atomic E-state index is 15.1. The normalized spacial score (nSPS) is 15.6. The summed E-state index contributed by atoms with van der Waals surface area (Å²) in [6, 6.07) is 0.793. The molecule has 1 aromatic heterocycles. The van der Waals surface area contributed by atoms with E-state index in [0.717, 1.165) is 18.8 Å². The molecule has 3 rings (SSSR count). The van der Waals surface area contributed by atoms with Crippen LogP contribution >= 0.6 is 0 Å². The van der Waals surface area contributed by atoms with E-state index in [1.807, 2.05) is 6.92 Å². The lowest BCUT2D eigenvalue weighted by molar-refractivity contribution is 0.0694. The van der Waals surface area contributed by atoms with Crippen molar-refractivity contribution in [3.8, 4) is 0 Å². The van der Waals surface area contributed by atoms with E-state index in [9.17, 15) is 18.4 Å². The Kier molecular flexibility index (Phi) is 4.90. The van der Waals surface area contributed by atoms with Gasteiger partial charge in [0.25, 0.3) is 0 Å². The third-order valence-corrected chi connectivity index (χ3v) is 4.72. The zero-order valence-corrected chi connectivity index (χ0v) is 14.1. The molecule has 1 aromatic carbocycles. The van der Waals surface area contributed by atoms with Crippen molar-refractivity contribution >= 4 is 22.6 Å². The Morgan fingerprint density at radius 1 is 1.23 bits per heavy atom. The molecule has 6 nitrogen and oxygen atoms in total. The summed E-state index contributed by atoms with van der Waals surface area (Å²) < 4.78 is 43.7. The fourth-order valence-electron chi connectivity index (χ4n) is 3.30. The van der Waals surface area contributed by atoms with Crippen molar-refractivity contribution in [2.24, 2.45) is 0 Å². The van der Waals surface area contributed by atoms with Gasteiger partial charge in [-0.25, -0.2) is 18.0 Å². The molecule has 0 bridgehead atoms. The number of halogens is 3. The van der Waals surface area contributed by atoms with E-state index in [0.29, 0.717) is 30.7 Å². The molecule has 1 aliphatic rings. The summed E-state index contributed by atoms with van der Waals surface area (Å²) in [5, 5.41) is 8.56. The number of alkyl halides is 1. The second kappa shape index (κ2) is 6.99. The molecule has 1 fully saturated rings. The molecule has 1 aliphatic heterocycles. The van der Waals surface area contributed by atoms with Crippen LogP contribution in [0.25, 0.3) is 10.9 Å². The number of nitrogens with zero attached hydrogens (tertiary/aromatic N) is 3. The van der Waals surface area contributed by atoms with Gasteiger partial charge in [-0.15, -0.1) is 0 Å². The van der Waals surface area contributed by atoms with Gasteiger partial charge >= 0.3 is 5.97 Å². The number of benzene rings is 1. The fourth-order valence-corrected chi connectivity index (χ4v) is 3.30. The SMILES string of the molecule is CCN1CCN(c2c(F)cc3c(=O)c(C(=O)O)cn(CF)c3c2F)CC1. The molecular formula is C17H18F3N3O3. The molecule has 0 radical (unpaired) electrons. The van der Waals surface area contributed by atoms with Crippen molar-refractivity contribution in [1.82, 2.24) is 9.47 Å². The number of rotatable bonds is 4. The fraction of sp³-hybridized carbons (Fsp3) is 0.412. The van der Waals surface area contributed by atoms with Gasteiger partial charge in [-0.3, -0.25) is 4.79 Å². The smallest absolute Gasteiger partial charge is 0.341 e. The average Bonchev–Trinajstić information content (AvgIpc) is 2.62. The molecule has 26 heavy (non-hydrogen) atoms. The molecule has 1 N–H and O–H groups in total. The van der Waals surface area contributed by atoms with Crippen molar-refractivity contribution in [1.29, 1.82) is 0 Å². The van der Waals surface area contributed by atoms with Crippen LogP contribution < -0.4 is 10.3 Å². The van der Waals surface area contributed by atoms with Gasteiger partial charge in [0.2, 0.25) is 5.43 Å². The molecule has 0 saturated carbocycles. The van der Waals surface area contributed by atoms with E-state index < -0.39 is 46.3 Å². The number of pyridine rings is 1. The van der Waals surface area contributed by atoms with Crippen LogP contribution in [0.15, 0.2) is 17.1 Å². The van der Waals surface area contributed by atoms with E-state index in [-0.39, 0.29) is 5.69 Å². The monoisotopic (exact) mass is 369 g/mol. The molecular weight excluding hydrogens is 351 g/mol. The van der Waals surface area contributed by atoms with Gasteiger partial charge in [-0.05, 0) is 12.6 Å². The highest BCUT2D eigenvalue weighted by atomic mass is 19.1. The summed E-state index contributed by atoms with van der Waals surface area (Å²) in [5.74, 6) is -3.61. The first-order valence-electron chi connectivity index (χ1n) is 8.20. The summed E-state index contributed by atoms with van der Waals surface area (Å²) in [4.78, 5) is 27.0. The summed E-state index contributed by atoms with van der Waals surface area (Å²) >= 11 is 0. The van der Waals surface area contributed by atoms with Crippen molar-refractivity contribution in [2.45, 2.75) is 13.7 Å². The molecule has 140 valence electrons. The van der Waals surface area contributed by atoms with Gasteiger partial charge in [0.05, 0.1) is 10.9 Å². The molecule has 9 heteroatoms. The Morgan fingerprint density at radius 3 is 2.42 bits per heavy atom. The lowest BCUT2D eigenvalue weighted by atomic mass is 10.1. The molecule has 0 unspecified atom stereocenters. The minimum absolute atomic E-state index is 0.321. The number of aromatic carboxylic acids is 1. The van der Waals surface area contributed by atoms with E-state index in [1.165, 1.54) is 4.90 Å². The number of hydrogen-bond donors (Lipinski definition) is 1. The van der Waals surface area contributed by atoms with Gasteiger partial charge in [0.1, 0.15) is 17.1 Å². The van der Waals surface area contributed by atoms with Gasteiger partial charge in [-0.2, -0.15) is 0 Å². The predicted molar refractivity (Wildman–Crippen MR) is 90.5 cm³/mol. The molecule has 0 aliphatic carbocycles. The maximum Gasteiger partial charge on any atom is 0.341 e. The highest BCUT2D eigenvalue weighted by Gasteiger charge is 2.26. The topological polar surface area (TPSA) is 65.8 Å². The molecule has 2 heterocycles. The number of piperazine rings is 1. The standard InChI is InChI=1S/C17H18F3N3O3/c1-2-21-3-5-22(6-4-21)15-12(19)7-10-14(13(15)20)23(9-18)8-11(16(10)24)17(25)26/h7-8H,2-6,9H2,1H3,(H,25,26). The zero-order chi connectivity index (χ0) is 19.0. The van der Waals surface area contributed by atoms with Crippen molar-refractivity contribution in [3.63, 3.8) is 0 Å². The lowest BCUT2D eigenvalue weighted by Gasteiger charge is -2.36. The first-order chi connectivity index (χ1) is 12.4. The quantitative estimate of drug-likeness (QED) is 0.894. The Bertz CT molecular complexity index is 921. The van der Waals surface area contributed by atoms with Crippen LogP contribution in [-0.4, -0.2) is 53.3 Å². The van der Waals surface area contributed by atoms with Crippen molar-refractivity contribution in [3.05, 3.63) is 39.7 Å². The second-order valence-corrected chi connectivity index (χ2v) is 6.10. The summed E-state index contributed by atoms with van der Waals surface area (Å²) in [7, 11) is 0. The number of carboxylic acid groups (broad SMARTS) is 1. The van der Waals surface area contributed by atoms with Crippen LogP contribution in [0.2, 0.25) is 0 Å². The summed E-state index contributed by atoms with van der Waals surface area (Å²) in [5.41, 5.74) is -2.54. The van der Waals surface area contributed by atoms with Crippen LogP contribution in [0, 0.1) is 11.6 Å². The number of carboxylic acids is 1. The predicted octanol–water partition coefficient (Wildman–Crippen LogP) is 2.05. The number of carbonyl (C=O) groups is 1. The van der Waals surface area contributed by atoms with Crippen molar-refractivity contribution < 1.29 is 23.1 Å². The first-order valence-corrected chi connectivity index (χ1v) is 8.20. The van der Waals surface area contributed by atoms with Gasteiger partial charge in [0.15, 0.2) is 12.6 Å². The molecule has 2 aromatic rings. The number of hydrogen-bond acceptors (Lipinski definition) is 4. The Balaban J connectivity index is 2.20. The first kappa shape index (κ1) is 18.2. The van der Waals surface area contributed by atoms with Crippen LogP contribution in [0.3, 0.4) is 0 Å². The van der Waals surface area contributed by atoms with Gasteiger partial charge < -0.3 is 19.5 Å². The Morgan fingerprint density at radius 2 is 1.88 bits per heavy atom.